The summed E-state index contributed by atoms with van der Waals surface area (Å²) in [5, 5.41) is 3.30. The molecule has 0 saturated heterocycles. The van der Waals surface area contributed by atoms with Gasteiger partial charge < -0.3 is 16.8 Å². The minimum atomic E-state index is -4.00. The fraction of sp³-hybridized carbons (Fsp3) is 0.692. The van der Waals surface area contributed by atoms with Crippen molar-refractivity contribution in [3.05, 3.63) is 24.3 Å². The molecule has 6 N–H and O–H groups in total. The third-order valence-corrected chi connectivity index (χ3v) is 10.4. The SMILES string of the molecule is CCC1CC2(C(N)=O)CC(C)CC(C2)C1NC(=O)C1(NS(=O)(=O)c2ccccc2N)CCCCC1. The third kappa shape index (κ3) is 4.94. The Bertz CT molecular complexity index is 1070. The Morgan fingerprint density at radius 1 is 1.09 bits per heavy atom. The number of nitrogens with one attached hydrogen (secondary N) is 2. The first-order valence-corrected chi connectivity index (χ1v) is 14.5. The van der Waals surface area contributed by atoms with Crippen molar-refractivity contribution in [3.8, 4) is 0 Å². The Hall–Kier alpha value is -2.13. The number of nitrogens with two attached hydrogens (primary N) is 2. The molecule has 0 aliphatic heterocycles. The monoisotopic (exact) mass is 504 g/mol. The lowest BCUT2D eigenvalue weighted by molar-refractivity contribution is -0.140. The predicted molar refractivity (Wildman–Crippen MR) is 135 cm³/mol. The summed E-state index contributed by atoms with van der Waals surface area (Å²) in [5.74, 6) is 0.134. The number of hydrogen-bond acceptors (Lipinski definition) is 5. The summed E-state index contributed by atoms with van der Waals surface area (Å²) < 4.78 is 29.5. The summed E-state index contributed by atoms with van der Waals surface area (Å²) in [6.45, 7) is 4.23. The lowest BCUT2D eigenvalue weighted by atomic mass is 9.54. The number of nitrogen functional groups attached to an aromatic ring is 1. The van der Waals surface area contributed by atoms with Crippen LogP contribution in [-0.2, 0) is 19.6 Å². The van der Waals surface area contributed by atoms with Crippen LogP contribution >= 0.6 is 0 Å². The van der Waals surface area contributed by atoms with Gasteiger partial charge in [0, 0.05) is 11.5 Å². The Morgan fingerprint density at radius 2 is 1.77 bits per heavy atom. The molecule has 35 heavy (non-hydrogen) atoms. The number of sulfonamides is 1. The van der Waals surface area contributed by atoms with Crippen LogP contribution in [0.25, 0.3) is 0 Å². The van der Waals surface area contributed by atoms with Gasteiger partial charge in [0.05, 0.1) is 5.69 Å². The van der Waals surface area contributed by atoms with Gasteiger partial charge in [-0.2, -0.15) is 4.72 Å². The Labute approximate surface area is 209 Å². The Kier molecular flexibility index (Phi) is 7.21. The molecule has 9 heteroatoms. The number of carbonyl (C=O) groups is 2. The van der Waals surface area contributed by atoms with Crippen molar-refractivity contribution in [1.29, 1.82) is 0 Å². The second-order valence-electron chi connectivity index (χ2n) is 11.3. The molecule has 0 heterocycles. The van der Waals surface area contributed by atoms with E-state index in [9.17, 15) is 18.0 Å². The van der Waals surface area contributed by atoms with Gasteiger partial charge >= 0.3 is 0 Å². The van der Waals surface area contributed by atoms with Gasteiger partial charge in [-0.25, -0.2) is 8.42 Å². The third-order valence-electron chi connectivity index (χ3n) is 8.79. The summed E-state index contributed by atoms with van der Waals surface area (Å²) in [5.41, 5.74) is 10.3. The fourth-order valence-corrected chi connectivity index (χ4v) is 8.74. The van der Waals surface area contributed by atoms with E-state index >= 15 is 0 Å². The van der Waals surface area contributed by atoms with E-state index < -0.39 is 21.0 Å². The van der Waals surface area contributed by atoms with Gasteiger partial charge in [0.25, 0.3) is 0 Å². The lowest BCUT2D eigenvalue weighted by Gasteiger charge is -2.53. The average Bonchev–Trinajstić information content (AvgIpc) is 2.80. The number of anilines is 1. The molecular formula is C26H40N4O4S. The van der Waals surface area contributed by atoms with Crippen molar-refractivity contribution >= 4 is 27.5 Å². The Morgan fingerprint density at radius 3 is 2.40 bits per heavy atom. The van der Waals surface area contributed by atoms with Crippen LogP contribution in [0.4, 0.5) is 5.69 Å². The average molecular weight is 505 g/mol. The fourth-order valence-electron chi connectivity index (χ4n) is 7.18. The molecule has 0 radical (unpaired) electrons. The maximum absolute atomic E-state index is 13.9. The van der Waals surface area contributed by atoms with Crippen molar-refractivity contribution in [1.82, 2.24) is 10.0 Å². The van der Waals surface area contributed by atoms with Gasteiger partial charge in [-0.1, -0.05) is 51.7 Å². The molecule has 0 spiro atoms. The minimum absolute atomic E-state index is 0.00537. The first-order chi connectivity index (χ1) is 16.5. The highest BCUT2D eigenvalue weighted by Crippen LogP contribution is 2.53. The molecule has 3 fully saturated rings. The molecule has 3 aliphatic rings. The van der Waals surface area contributed by atoms with Crippen molar-refractivity contribution < 1.29 is 18.0 Å². The highest BCUT2D eigenvalue weighted by atomic mass is 32.2. The van der Waals surface area contributed by atoms with Gasteiger partial charge in [0.2, 0.25) is 21.8 Å². The molecule has 1 aromatic carbocycles. The standard InChI is InChI=1S/C26H40N4O4S/c1-3-18-15-25(23(28)31)14-17(2)13-19(16-25)22(18)29-24(32)26(11-7-4-8-12-26)30-35(33,34)21-10-6-5-9-20(21)27/h5-6,9-10,17-19,22,30H,3-4,7-8,11-16,27H2,1-2H3,(H2,28,31)(H,29,32). The smallest absolute Gasteiger partial charge is 0.243 e. The van der Waals surface area contributed by atoms with Crippen LogP contribution in [0.3, 0.4) is 0 Å². The number of hydrogen-bond donors (Lipinski definition) is 4. The Balaban J connectivity index is 1.61. The first kappa shape index (κ1) is 25.9. The molecule has 4 rings (SSSR count). The summed E-state index contributed by atoms with van der Waals surface area (Å²) in [6.07, 6.45) is 7.31. The molecule has 8 nitrogen and oxygen atoms in total. The number of benzene rings is 1. The molecule has 2 bridgehead atoms. The summed E-state index contributed by atoms with van der Waals surface area (Å²) in [7, 11) is -4.00. The number of amides is 2. The van der Waals surface area contributed by atoms with E-state index in [0.717, 1.165) is 38.5 Å². The highest BCUT2D eigenvalue weighted by Gasteiger charge is 2.54. The van der Waals surface area contributed by atoms with E-state index in [1.54, 1.807) is 18.2 Å². The lowest BCUT2D eigenvalue weighted by Crippen LogP contribution is -2.64. The van der Waals surface area contributed by atoms with E-state index in [1.807, 2.05) is 0 Å². The zero-order valence-corrected chi connectivity index (χ0v) is 21.7. The molecule has 0 aromatic heterocycles. The van der Waals surface area contributed by atoms with E-state index in [-0.39, 0.29) is 40.3 Å². The highest BCUT2D eigenvalue weighted by molar-refractivity contribution is 7.89. The molecule has 194 valence electrons. The molecule has 3 aliphatic carbocycles. The second-order valence-corrected chi connectivity index (χ2v) is 13.0. The second kappa shape index (κ2) is 9.73. The summed E-state index contributed by atoms with van der Waals surface area (Å²) in [6, 6.07) is 6.22. The van der Waals surface area contributed by atoms with Gasteiger partial charge in [-0.15, -0.1) is 0 Å². The maximum atomic E-state index is 13.9. The number of rotatable bonds is 7. The quantitative estimate of drug-likeness (QED) is 0.422. The number of primary amides is 1. The van der Waals surface area contributed by atoms with Crippen LogP contribution in [-0.4, -0.2) is 31.8 Å². The van der Waals surface area contributed by atoms with Gasteiger partial charge in [0.1, 0.15) is 10.4 Å². The van der Waals surface area contributed by atoms with Gasteiger partial charge in [-0.3, -0.25) is 9.59 Å². The molecule has 2 amide bonds. The maximum Gasteiger partial charge on any atom is 0.243 e. The van der Waals surface area contributed by atoms with Crippen LogP contribution in [0.1, 0.15) is 78.1 Å². The first-order valence-electron chi connectivity index (χ1n) is 13.0. The van der Waals surface area contributed by atoms with Gasteiger partial charge in [-0.05, 0) is 68.4 Å². The van der Waals surface area contributed by atoms with E-state index in [1.165, 1.54) is 6.07 Å². The van der Waals surface area contributed by atoms with Crippen LogP contribution in [0.15, 0.2) is 29.2 Å². The van der Waals surface area contributed by atoms with Gasteiger partial charge in [0.15, 0.2) is 0 Å². The van der Waals surface area contributed by atoms with E-state index in [2.05, 4.69) is 23.9 Å². The van der Waals surface area contributed by atoms with Crippen molar-refractivity contribution in [3.63, 3.8) is 0 Å². The molecular weight excluding hydrogens is 464 g/mol. The zero-order chi connectivity index (χ0) is 25.4. The van der Waals surface area contributed by atoms with Crippen molar-refractivity contribution in [2.45, 2.75) is 94.5 Å². The van der Waals surface area contributed by atoms with Crippen molar-refractivity contribution in [2.75, 3.05) is 5.73 Å². The van der Waals surface area contributed by atoms with Crippen LogP contribution in [0.5, 0.6) is 0 Å². The zero-order valence-electron chi connectivity index (χ0n) is 20.9. The van der Waals surface area contributed by atoms with Crippen LogP contribution in [0, 0.1) is 23.2 Å². The molecule has 1 aromatic rings. The largest absolute Gasteiger partial charge is 0.398 e. The number of fused-ring (bicyclic) bond motifs is 2. The minimum Gasteiger partial charge on any atom is -0.398 e. The normalized spacial score (nSPS) is 32.5. The molecule has 5 atom stereocenters. The van der Waals surface area contributed by atoms with E-state index in [0.29, 0.717) is 31.6 Å². The predicted octanol–water partition coefficient (Wildman–Crippen LogP) is 3.07. The van der Waals surface area contributed by atoms with Crippen LogP contribution in [0.2, 0.25) is 0 Å². The summed E-state index contributed by atoms with van der Waals surface area (Å²) >= 11 is 0. The molecule has 3 saturated carbocycles. The van der Waals surface area contributed by atoms with E-state index in [4.69, 9.17) is 11.5 Å². The topological polar surface area (TPSA) is 144 Å². The van der Waals surface area contributed by atoms with Crippen molar-refractivity contribution in [2.24, 2.45) is 28.9 Å². The number of para-hydroxylation sites is 1. The molecule has 5 unspecified atom stereocenters. The number of carbonyl (C=O) groups excluding carboxylic acids is 2. The van der Waals surface area contributed by atoms with Crippen LogP contribution < -0.4 is 21.5 Å². The summed E-state index contributed by atoms with van der Waals surface area (Å²) in [4.78, 5) is 26.4.